The zero-order chi connectivity index (χ0) is 28.1. The number of anilines is 1. The van der Waals surface area contributed by atoms with Crippen LogP contribution >= 0.6 is 0 Å². The molecule has 0 saturated heterocycles. The van der Waals surface area contributed by atoms with E-state index in [1.807, 2.05) is 24.3 Å². The molecule has 0 bridgehead atoms. The molecule has 204 valence electrons. The molecular weight excluding hydrogens is 532 g/mol. The Kier molecular flexibility index (Phi) is 7.61. The van der Waals surface area contributed by atoms with Crippen molar-refractivity contribution < 1.29 is 32.1 Å². The van der Waals surface area contributed by atoms with E-state index in [9.17, 15) is 8.42 Å². The zero-order valence-electron chi connectivity index (χ0n) is 22.0. The maximum Gasteiger partial charge on any atom is 0.262 e. The fraction of sp³-hybridized carbons (Fsp3) is 0.100. The van der Waals surface area contributed by atoms with E-state index in [-0.39, 0.29) is 4.90 Å². The van der Waals surface area contributed by atoms with Crippen LogP contribution in [0.2, 0.25) is 0 Å². The molecule has 0 saturated carbocycles. The molecule has 40 heavy (non-hydrogen) atoms. The Balaban J connectivity index is 1.39. The zero-order valence-corrected chi connectivity index (χ0v) is 22.8. The number of nitrogens with one attached hydrogen (secondary N) is 1. The molecule has 0 aliphatic heterocycles. The van der Waals surface area contributed by atoms with Crippen molar-refractivity contribution in [3.05, 3.63) is 97.2 Å². The number of para-hydroxylation sites is 1. The highest BCUT2D eigenvalue weighted by Gasteiger charge is 2.18. The molecule has 0 aliphatic rings. The molecule has 0 fully saturated rings. The SMILES string of the molecule is COc1cc(NS(=O)(=O)c2cccc(Oc3ccccc3)c2)ccc1Oc1ccnc2c(OC)c(OC)ccc12. The van der Waals surface area contributed by atoms with Crippen LogP contribution in [0.15, 0.2) is 102 Å². The largest absolute Gasteiger partial charge is 0.493 e. The van der Waals surface area contributed by atoms with Crippen LogP contribution in [-0.4, -0.2) is 34.7 Å². The second-order valence-electron chi connectivity index (χ2n) is 8.47. The van der Waals surface area contributed by atoms with Crippen molar-refractivity contribution >= 4 is 26.6 Å². The lowest BCUT2D eigenvalue weighted by Crippen LogP contribution is -2.13. The van der Waals surface area contributed by atoms with Crippen LogP contribution < -0.4 is 28.4 Å². The maximum atomic E-state index is 13.2. The molecule has 0 radical (unpaired) electrons. The average molecular weight is 559 g/mol. The number of ether oxygens (including phenoxy) is 5. The first-order chi connectivity index (χ1) is 19.4. The van der Waals surface area contributed by atoms with Gasteiger partial charge in [-0.05, 0) is 54.6 Å². The Morgan fingerprint density at radius 3 is 2.15 bits per heavy atom. The highest BCUT2D eigenvalue weighted by Crippen LogP contribution is 2.41. The fourth-order valence-corrected chi connectivity index (χ4v) is 5.16. The number of nitrogens with zero attached hydrogens (tertiary/aromatic N) is 1. The summed E-state index contributed by atoms with van der Waals surface area (Å²) in [4.78, 5) is 4.47. The van der Waals surface area contributed by atoms with E-state index >= 15 is 0 Å². The number of hydrogen-bond acceptors (Lipinski definition) is 8. The van der Waals surface area contributed by atoms with Crippen LogP contribution in [0.25, 0.3) is 10.9 Å². The lowest BCUT2D eigenvalue weighted by atomic mass is 10.1. The topological polar surface area (TPSA) is 105 Å². The summed E-state index contributed by atoms with van der Waals surface area (Å²) in [6.45, 7) is 0. The van der Waals surface area contributed by atoms with E-state index in [0.717, 1.165) is 0 Å². The third kappa shape index (κ3) is 5.57. The van der Waals surface area contributed by atoms with E-state index in [1.165, 1.54) is 19.2 Å². The Hall–Kier alpha value is -4.96. The number of methoxy groups -OCH3 is 3. The van der Waals surface area contributed by atoms with E-state index in [1.54, 1.807) is 75.0 Å². The summed E-state index contributed by atoms with van der Waals surface area (Å²) < 4.78 is 57.3. The predicted molar refractivity (Wildman–Crippen MR) is 152 cm³/mol. The lowest BCUT2D eigenvalue weighted by Gasteiger charge is -2.16. The van der Waals surface area contributed by atoms with Crippen LogP contribution in [0.3, 0.4) is 0 Å². The molecule has 0 atom stereocenters. The van der Waals surface area contributed by atoms with Crippen LogP contribution in [0, 0.1) is 0 Å². The molecule has 5 rings (SSSR count). The molecule has 4 aromatic carbocycles. The molecule has 9 nitrogen and oxygen atoms in total. The van der Waals surface area contributed by atoms with Gasteiger partial charge < -0.3 is 23.7 Å². The molecule has 1 N–H and O–H groups in total. The minimum atomic E-state index is -3.93. The highest BCUT2D eigenvalue weighted by atomic mass is 32.2. The third-order valence-corrected chi connectivity index (χ3v) is 7.32. The molecule has 0 aliphatic carbocycles. The normalized spacial score (nSPS) is 11.1. The summed E-state index contributed by atoms with van der Waals surface area (Å²) in [6.07, 6.45) is 1.60. The first kappa shape index (κ1) is 26.6. The Morgan fingerprint density at radius 1 is 0.650 bits per heavy atom. The van der Waals surface area contributed by atoms with Gasteiger partial charge in [-0.2, -0.15) is 0 Å². The Bertz CT molecular complexity index is 1760. The average Bonchev–Trinajstić information content (AvgIpc) is 2.98. The number of pyridine rings is 1. The van der Waals surface area contributed by atoms with Crippen molar-refractivity contribution in [2.75, 3.05) is 26.1 Å². The van der Waals surface area contributed by atoms with E-state index < -0.39 is 10.0 Å². The van der Waals surface area contributed by atoms with Gasteiger partial charge in [0.15, 0.2) is 23.0 Å². The van der Waals surface area contributed by atoms with Gasteiger partial charge in [-0.25, -0.2) is 8.42 Å². The van der Waals surface area contributed by atoms with E-state index in [0.29, 0.717) is 56.8 Å². The monoisotopic (exact) mass is 558 g/mol. The van der Waals surface area contributed by atoms with Crippen LogP contribution in [-0.2, 0) is 10.0 Å². The third-order valence-electron chi connectivity index (χ3n) is 5.94. The van der Waals surface area contributed by atoms with Crippen molar-refractivity contribution in [2.45, 2.75) is 4.90 Å². The number of hydrogen-bond donors (Lipinski definition) is 1. The smallest absolute Gasteiger partial charge is 0.262 e. The van der Waals surface area contributed by atoms with Crippen molar-refractivity contribution in [3.63, 3.8) is 0 Å². The Morgan fingerprint density at radius 2 is 1.40 bits per heavy atom. The van der Waals surface area contributed by atoms with Gasteiger partial charge in [0.05, 0.1) is 31.9 Å². The highest BCUT2D eigenvalue weighted by molar-refractivity contribution is 7.92. The molecule has 0 unspecified atom stereocenters. The van der Waals surface area contributed by atoms with Crippen LogP contribution in [0.1, 0.15) is 0 Å². The second kappa shape index (κ2) is 11.4. The van der Waals surface area contributed by atoms with Crippen LogP contribution in [0.4, 0.5) is 5.69 Å². The minimum Gasteiger partial charge on any atom is -0.493 e. The van der Waals surface area contributed by atoms with Gasteiger partial charge in [0.25, 0.3) is 10.0 Å². The molecule has 10 heteroatoms. The first-order valence-electron chi connectivity index (χ1n) is 12.1. The molecule has 1 heterocycles. The number of rotatable bonds is 10. The molecule has 1 aromatic heterocycles. The molecular formula is C30H26N2O7S. The number of sulfonamides is 1. The van der Waals surface area contributed by atoms with Crippen molar-refractivity contribution in [1.29, 1.82) is 0 Å². The molecule has 5 aromatic rings. The van der Waals surface area contributed by atoms with Gasteiger partial charge in [0.2, 0.25) is 0 Å². The van der Waals surface area contributed by atoms with Crippen molar-refractivity contribution in [2.24, 2.45) is 0 Å². The minimum absolute atomic E-state index is 0.0489. The van der Waals surface area contributed by atoms with Crippen molar-refractivity contribution in [3.8, 4) is 40.2 Å². The summed E-state index contributed by atoms with van der Waals surface area (Å²) in [5, 5.41) is 0.699. The van der Waals surface area contributed by atoms with Gasteiger partial charge in [0, 0.05) is 23.7 Å². The first-order valence-corrected chi connectivity index (χ1v) is 13.6. The molecule has 0 amide bonds. The van der Waals surface area contributed by atoms with Gasteiger partial charge in [-0.3, -0.25) is 9.71 Å². The van der Waals surface area contributed by atoms with Crippen LogP contribution in [0.5, 0.6) is 40.2 Å². The van der Waals surface area contributed by atoms with Gasteiger partial charge in [-0.15, -0.1) is 0 Å². The lowest BCUT2D eigenvalue weighted by molar-refractivity contribution is 0.357. The summed E-state index contributed by atoms with van der Waals surface area (Å²) >= 11 is 0. The summed E-state index contributed by atoms with van der Waals surface area (Å²) in [6, 6.07) is 25.5. The molecule has 0 spiro atoms. The summed E-state index contributed by atoms with van der Waals surface area (Å²) in [7, 11) is 0.646. The fourth-order valence-electron chi connectivity index (χ4n) is 4.07. The number of aromatic nitrogens is 1. The quantitative estimate of drug-likeness (QED) is 0.203. The van der Waals surface area contributed by atoms with Gasteiger partial charge in [0.1, 0.15) is 22.8 Å². The second-order valence-corrected chi connectivity index (χ2v) is 10.2. The predicted octanol–water partition coefficient (Wildman–Crippen LogP) is 6.65. The van der Waals surface area contributed by atoms with Crippen molar-refractivity contribution in [1.82, 2.24) is 4.98 Å². The van der Waals surface area contributed by atoms with Gasteiger partial charge in [-0.1, -0.05) is 24.3 Å². The Labute approximate surface area is 231 Å². The number of fused-ring (bicyclic) bond motifs is 1. The summed E-state index contributed by atoms with van der Waals surface area (Å²) in [5.41, 5.74) is 0.866. The summed E-state index contributed by atoms with van der Waals surface area (Å²) in [5.74, 6) is 3.25. The number of benzene rings is 4. The van der Waals surface area contributed by atoms with Gasteiger partial charge >= 0.3 is 0 Å². The van der Waals surface area contributed by atoms with E-state index in [2.05, 4.69) is 9.71 Å². The van der Waals surface area contributed by atoms with E-state index in [4.69, 9.17) is 23.7 Å². The maximum absolute atomic E-state index is 13.2. The standard InChI is InChI=1S/C30H26N2O7S/c1-35-27-15-13-24-25(16-17-31-29(24)30(27)37-3)39-26-14-12-20(18-28(26)36-2)32-40(33,34)23-11-7-10-22(19-23)38-21-8-5-4-6-9-21/h4-19,32H,1-3H3.